The van der Waals surface area contributed by atoms with Crippen molar-refractivity contribution >= 4 is 17.7 Å². The molecule has 2 aromatic heterocycles. The van der Waals surface area contributed by atoms with Gasteiger partial charge in [-0.05, 0) is 31.1 Å². The van der Waals surface area contributed by atoms with E-state index in [2.05, 4.69) is 11.1 Å². The first-order valence-corrected chi connectivity index (χ1v) is 9.74. The zero-order valence-electron chi connectivity index (χ0n) is 16.9. The minimum atomic E-state index is -0.575. The number of oxazole rings is 2. The van der Waals surface area contributed by atoms with Gasteiger partial charge in [0.15, 0.2) is 0 Å². The molecule has 0 fully saturated rings. The minimum absolute atomic E-state index is 0.0466. The largest absolute Gasteiger partial charge is 0.406 e. The molecule has 0 saturated heterocycles. The summed E-state index contributed by atoms with van der Waals surface area (Å²) < 4.78 is 12.8. The maximum Gasteiger partial charge on any atom is 0.362 e. The molecule has 5 rings (SSSR count). The number of anilines is 1. The molecule has 0 amide bonds. The molecule has 1 aliphatic heterocycles. The van der Waals surface area contributed by atoms with Crippen molar-refractivity contribution in [2.45, 2.75) is 19.8 Å². The van der Waals surface area contributed by atoms with Crippen molar-refractivity contribution in [1.82, 2.24) is 9.55 Å². The minimum Gasteiger partial charge on any atom is -0.406 e. The average molecular weight is 410 g/mol. The molecule has 2 aromatic carbocycles. The fourth-order valence-corrected chi connectivity index (χ4v) is 3.85. The first-order chi connectivity index (χ1) is 15.0. The summed E-state index contributed by atoms with van der Waals surface area (Å²) in [5.41, 5.74) is 10.0. The smallest absolute Gasteiger partial charge is 0.362 e. The van der Waals surface area contributed by atoms with Crippen LogP contribution in [0.3, 0.4) is 0 Å². The van der Waals surface area contributed by atoms with Gasteiger partial charge in [0, 0.05) is 0 Å². The normalized spacial score (nSPS) is 15.5. The average Bonchev–Trinajstić information content (AvgIpc) is 3.28. The molecule has 1 atom stereocenters. The van der Waals surface area contributed by atoms with Gasteiger partial charge < -0.3 is 14.6 Å². The Kier molecular flexibility index (Phi) is 4.15. The number of fused-ring (bicyclic) bond motifs is 3. The molecule has 7 nitrogen and oxygen atoms in total. The van der Waals surface area contributed by atoms with Crippen molar-refractivity contribution in [1.29, 1.82) is 5.26 Å². The maximum atomic E-state index is 12.8. The predicted octanol–water partition coefficient (Wildman–Crippen LogP) is 2.27. The van der Waals surface area contributed by atoms with Crippen LogP contribution in [0.4, 0.5) is 6.01 Å². The molecule has 7 heteroatoms. The number of rotatable bonds is 2. The Labute approximate surface area is 177 Å². The molecule has 0 aliphatic carbocycles. The van der Waals surface area contributed by atoms with Crippen LogP contribution >= 0.6 is 0 Å². The van der Waals surface area contributed by atoms with Gasteiger partial charge in [-0.1, -0.05) is 59.7 Å². The summed E-state index contributed by atoms with van der Waals surface area (Å²) >= 11 is 0. The lowest BCUT2D eigenvalue weighted by molar-refractivity contribution is 0.455. The van der Waals surface area contributed by atoms with Crippen molar-refractivity contribution in [3.63, 3.8) is 0 Å². The van der Waals surface area contributed by atoms with E-state index in [0.29, 0.717) is 5.69 Å². The first-order valence-electron chi connectivity index (χ1n) is 9.74. The van der Waals surface area contributed by atoms with E-state index >= 15 is 0 Å². The number of aryl methyl sites for hydroxylation is 2. The number of nitriles is 1. The van der Waals surface area contributed by atoms with Gasteiger partial charge in [-0.15, -0.1) is 0 Å². The molecule has 0 unspecified atom stereocenters. The molecular formula is C24H18N4O3. The fourth-order valence-electron chi connectivity index (χ4n) is 3.85. The van der Waals surface area contributed by atoms with E-state index in [4.69, 9.17) is 14.6 Å². The Morgan fingerprint density at radius 1 is 1.06 bits per heavy atom. The second kappa shape index (κ2) is 6.89. The second-order valence-electron chi connectivity index (χ2n) is 7.58. The van der Waals surface area contributed by atoms with Crippen LogP contribution in [0.25, 0.3) is 17.5 Å². The molecule has 0 spiro atoms. The summed E-state index contributed by atoms with van der Waals surface area (Å²) in [5, 5.41) is 10.2. The second-order valence-corrected chi connectivity index (χ2v) is 7.58. The van der Waals surface area contributed by atoms with E-state index in [0.717, 1.165) is 22.3 Å². The van der Waals surface area contributed by atoms with Crippen LogP contribution in [-0.2, 0) is 0 Å². The Morgan fingerprint density at radius 3 is 2.35 bits per heavy atom. The Balaban J connectivity index is 1.86. The van der Waals surface area contributed by atoms with Gasteiger partial charge in [0.2, 0.25) is 11.4 Å². The third kappa shape index (κ3) is 2.97. The van der Waals surface area contributed by atoms with Crippen LogP contribution in [0.5, 0.6) is 0 Å². The summed E-state index contributed by atoms with van der Waals surface area (Å²) in [6, 6.07) is 17.6. The van der Waals surface area contributed by atoms with Crippen LogP contribution < -0.4 is 22.3 Å². The lowest BCUT2D eigenvalue weighted by Crippen LogP contribution is -2.35. The maximum absolute atomic E-state index is 12.8. The molecule has 152 valence electrons. The molecule has 31 heavy (non-hydrogen) atoms. The number of benzene rings is 2. The third-order valence-corrected chi connectivity index (χ3v) is 5.40. The first kappa shape index (κ1) is 18.7. The summed E-state index contributed by atoms with van der Waals surface area (Å²) in [4.78, 5) is 17.2. The molecule has 4 aromatic rings. The highest BCUT2D eigenvalue weighted by Crippen LogP contribution is 2.37. The SMILES string of the molecule is Cc1ccc(/C=c2\c(=O)oc3n2-c2oc(N)nc2[C@@H](c2ccc(C)cc2)C=3C#N)cc1. The predicted molar refractivity (Wildman–Crippen MR) is 115 cm³/mol. The van der Waals surface area contributed by atoms with E-state index in [1.807, 2.05) is 62.4 Å². The van der Waals surface area contributed by atoms with Crippen molar-refractivity contribution in [2.24, 2.45) is 0 Å². The molecule has 0 bridgehead atoms. The Morgan fingerprint density at radius 2 is 1.71 bits per heavy atom. The summed E-state index contributed by atoms with van der Waals surface area (Å²) in [5.74, 6) is -0.277. The topological polar surface area (TPSA) is 111 Å². The molecule has 1 aliphatic rings. The zero-order chi connectivity index (χ0) is 21.7. The highest BCUT2D eigenvalue weighted by molar-refractivity contribution is 5.73. The molecule has 3 heterocycles. The van der Waals surface area contributed by atoms with Crippen molar-refractivity contribution < 1.29 is 8.83 Å². The quantitative estimate of drug-likeness (QED) is 0.543. The van der Waals surface area contributed by atoms with Gasteiger partial charge in [0.05, 0.1) is 5.92 Å². The van der Waals surface area contributed by atoms with Crippen LogP contribution in [0.2, 0.25) is 0 Å². The monoisotopic (exact) mass is 410 g/mol. The standard InChI is InChI=1S/C24H18N4O3/c1-13-3-7-15(8-4-13)11-18-23(29)30-21-17(12-25)19(16-9-5-14(2)6-10-16)20-22(28(18)21)31-24(26)27-20/h3-11,19H,1-2H3,(H2,26,27)/b18-11+/t19-/m0/s1. The molecule has 0 radical (unpaired) electrons. The number of nitrogen functional groups attached to an aromatic ring is 1. The number of aromatic nitrogens is 2. The fraction of sp³-hybridized carbons (Fsp3) is 0.125. The molecule has 0 saturated carbocycles. The van der Waals surface area contributed by atoms with E-state index < -0.39 is 11.5 Å². The van der Waals surface area contributed by atoms with Gasteiger partial charge in [-0.2, -0.15) is 10.2 Å². The number of nitrogens with zero attached hydrogens (tertiary/aromatic N) is 3. The zero-order valence-corrected chi connectivity index (χ0v) is 16.9. The highest BCUT2D eigenvalue weighted by atomic mass is 16.4. The van der Waals surface area contributed by atoms with Crippen LogP contribution in [0.15, 0.2) is 62.2 Å². The number of hydrogen-bond acceptors (Lipinski definition) is 6. The third-order valence-electron chi connectivity index (χ3n) is 5.40. The molecular weight excluding hydrogens is 392 g/mol. The summed E-state index contributed by atoms with van der Waals surface area (Å²) in [6.45, 7) is 3.97. The summed E-state index contributed by atoms with van der Waals surface area (Å²) in [7, 11) is 0. The molecule has 2 N–H and O–H groups in total. The van der Waals surface area contributed by atoms with Crippen LogP contribution in [0, 0.1) is 25.2 Å². The van der Waals surface area contributed by atoms with Gasteiger partial charge in [-0.3, -0.25) is 0 Å². The van der Waals surface area contributed by atoms with Gasteiger partial charge in [0.25, 0.3) is 6.01 Å². The van der Waals surface area contributed by atoms with Crippen molar-refractivity contribution in [3.8, 4) is 12.0 Å². The van der Waals surface area contributed by atoms with E-state index in [1.54, 1.807) is 6.08 Å². The van der Waals surface area contributed by atoms with E-state index in [-0.39, 0.29) is 28.4 Å². The van der Waals surface area contributed by atoms with E-state index in [9.17, 15) is 10.1 Å². The Hall–Kier alpha value is -4.31. The van der Waals surface area contributed by atoms with Crippen molar-refractivity contribution in [2.75, 3.05) is 5.73 Å². The van der Waals surface area contributed by atoms with Gasteiger partial charge in [-0.25, -0.2) is 9.36 Å². The van der Waals surface area contributed by atoms with Crippen molar-refractivity contribution in [3.05, 3.63) is 97.8 Å². The lowest BCUT2D eigenvalue weighted by Gasteiger charge is -2.19. The van der Waals surface area contributed by atoms with Gasteiger partial charge in [0.1, 0.15) is 22.7 Å². The van der Waals surface area contributed by atoms with Gasteiger partial charge >= 0.3 is 5.63 Å². The lowest BCUT2D eigenvalue weighted by atomic mass is 9.87. The highest BCUT2D eigenvalue weighted by Gasteiger charge is 2.35. The number of hydrogen-bond donors (Lipinski definition) is 1. The number of nitrogens with two attached hydrogens (primary N) is 1. The summed E-state index contributed by atoms with van der Waals surface area (Å²) in [6.07, 6.45) is 1.69. The van der Waals surface area contributed by atoms with Crippen LogP contribution in [-0.4, -0.2) is 9.55 Å². The Bertz CT molecular complexity index is 1530. The van der Waals surface area contributed by atoms with E-state index in [1.165, 1.54) is 4.57 Å². The van der Waals surface area contributed by atoms with Crippen LogP contribution in [0.1, 0.15) is 33.9 Å².